The molecule has 0 aromatic carbocycles. The second-order valence-corrected chi connectivity index (χ2v) is 5.17. The second-order valence-electron chi connectivity index (χ2n) is 3.73. The van der Waals surface area contributed by atoms with Crippen molar-refractivity contribution in [2.75, 3.05) is 11.9 Å². The van der Waals surface area contributed by atoms with E-state index in [9.17, 15) is 0 Å². The molecule has 90 valence electrons. The Labute approximate surface area is 109 Å². The molecule has 0 saturated carbocycles. The van der Waals surface area contributed by atoms with Crippen LogP contribution < -0.4 is 4.90 Å². The van der Waals surface area contributed by atoms with Gasteiger partial charge in [0.1, 0.15) is 5.82 Å². The van der Waals surface area contributed by atoms with Crippen molar-refractivity contribution in [3.8, 4) is 0 Å². The van der Waals surface area contributed by atoms with E-state index in [2.05, 4.69) is 16.4 Å². The van der Waals surface area contributed by atoms with Crippen LogP contribution in [0.1, 0.15) is 10.4 Å². The first kappa shape index (κ1) is 12.4. The molecule has 0 aliphatic rings. The van der Waals surface area contributed by atoms with Gasteiger partial charge in [-0.25, -0.2) is 4.98 Å². The number of aliphatic hydroxyl groups is 1. The van der Waals surface area contributed by atoms with Crippen LogP contribution in [0.4, 0.5) is 5.82 Å². The molecule has 1 N–H and O–H groups in total. The Kier molecular flexibility index (Phi) is 3.99. The van der Waals surface area contributed by atoms with E-state index in [0.717, 1.165) is 12.4 Å². The van der Waals surface area contributed by atoms with E-state index in [4.69, 9.17) is 16.7 Å². The lowest BCUT2D eigenvalue weighted by Gasteiger charge is -2.18. The fraction of sp³-hybridized carbons (Fsp3) is 0.250. The summed E-state index contributed by atoms with van der Waals surface area (Å²) < 4.78 is 0. The standard InChI is InChI=1S/C12H13ClN2OS/c1-15(7-10-3-2-4-17-10)12-5-9(8-16)11(13)6-14-12/h2-6,16H,7-8H2,1H3. The van der Waals surface area contributed by atoms with Crippen LogP contribution >= 0.6 is 22.9 Å². The van der Waals surface area contributed by atoms with Crippen LogP contribution in [0.3, 0.4) is 0 Å². The van der Waals surface area contributed by atoms with Gasteiger partial charge in [0.05, 0.1) is 18.2 Å². The van der Waals surface area contributed by atoms with Crippen LogP contribution in [-0.4, -0.2) is 17.1 Å². The van der Waals surface area contributed by atoms with Gasteiger partial charge in [0, 0.05) is 23.7 Å². The molecule has 5 heteroatoms. The minimum Gasteiger partial charge on any atom is -0.392 e. The second kappa shape index (κ2) is 5.49. The van der Waals surface area contributed by atoms with Crippen molar-refractivity contribution in [3.05, 3.63) is 45.2 Å². The van der Waals surface area contributed by atoms with Gasteiger partial charge in [-0.3, -0.25) is 0 Å². The minimum atomic E-state index is -0.0683. The Morgan fingerprint density at radius 3 is 3.00 bits per heavy atom. The Morgan fingerprint density at radius 2 is 2.35 bits per heavy atom. The number of thiophene rings is 1. The summed E-state index contributed by atoms with van der Waals surface area (Å²) in [5, 5.41) is 11.7. The molecule has 2 heterocycles. The molecule has 2 aromatic rings. The summed E-state index contributed by atoms with van der Waals surface area (Å²) in [6, 6.07) is 5.93. The normalized spacial score (nSPS) is 10.5. The fourth-order valence-corrected chi connectivity index (χ4v) is 2.44. The molecular formula is C12H13ClN2OS. The first-order chi connectivity index (χ1) is 8.20. The van der Waals surface area contributed by atoms with Crippen LogP contribution in [0.25, 0.3) is 0 Å². The van der Waals surface area contributed by atoms with Crippen molar-refractivity contribution >= 4 is 28.8 Å². The van der Waals surface area contributed by atoms with Crippen LogP contribution in [0.15, 0.2) is 29.8 Å². The van der Waals surface area contributed by atoms with E-state index in [0.29, 0.717) is 10.6 Å². The lowest BCUT2D eigenvalue weighted by atomic mass is 10.2. The number of anilines is 1. The van der Waals surface area contributed by atoms with Crippen molar-refractivity contribution in [2.45, 2.75) is 13.2 Å². The molecule has 17 heavy (non-hydrogen) atoms. The summed E-state index contributed by atoms with van der Waals surface area (Å²) in [5.41, 5.74) is 0.703. The summed E-state index contributed by atoms with van der Waals surface area (Å²) in [5.74, 6) is 0.812. The maximum atomic E-state index is 9.15. The molecule has 0 radical (unpaired) electrons. The van der Waals surface area contributed by atoms with E-state index in [-0.39, 0.29) is 6.61 Å². The molecule has 0 aliphatic heterocycles. The van der Waals surface area contributed by atoms with Gasteiger partial charge in [-0.05, 0) is 17.5 Å². The molecule has 0 spiro atoms. The smallest absolute Gasteiger partial charge is 0.129 e. The summed E-state index contributed by atoms with van der Waals surface area (Å²) >= 11 is 7.62. The highest BCUT2D eigenvalue weighted by atomic mass is 35.5. The highest BCUT2D eigenvalue weighted by molar-refractivity contribution is 7.09. The van der Waals surface area contributed by atoms with Gasteiger partial charge >= 0.3 is 0 Å². The van der Waals surface area contributed by atoms with E-state index in [1.165, 1.54) is 4.88 Å². The molecule has 0 saturated heterocycles. The molecule has 0 fully saturated rings. The molecule has 0 atom stereocenters. The number of aromatic nitrogens is 1. The van der Waals surface area contributed by atoms with Crippen LogP contribution in [0, 0.1) is 0 Å². The summed E-state index contributed by atoms with van der Waals surface area (Å²) in [6.45, 7) is 0.734. The fourth-order valence-electron chi connectivity index (χ4n) is 1.51. The zero-order valence-corrected chi connectivity index (χ0v) is 11.0. The Balaban J connectivity index is 2.16. The quantitative estimate of drug-likeness (QED) is 0.926. The topological polar surface area (TPSA) is 36.4 Å². The average Bonchev–Trinajstić information content (AvgIpc) is 2.82. The van der Waals surface area contributed by atoms with E-state index in [1.54, 1.807) is 17.5 Å². The molecule has 0 bridgehead atoms. The maximum absolute atomic E-state index is 9.15. The number of nitrogens with zero attached hydrogens (tertiary/aromatic N) is 2. The van der Waals surface area contributed by atoms with Crippen LogP contribution in [0.2, 0.25) is 5.02 Å². The maximum Gasteiger partial charge on any atom is 0.129 e. The number of pyridine rings is 1. The third-order valence-electron chi connectivity index (χ3n) is 2.45. The monoisotopic (exact) mass is 268 g/mol. The van der Waals surface area contributed by atoms with Crippen molar-refractivity contribution in [1.82, 2.24) is 4.98 Å². The molecule has 2 aromatic heterocycles. The van der Waals surface area contributed by atoms with Gasteiger partial charge in [-0.1, -0.05) is 17.7 Å². The third kappa shape index (κ3) is 2.97. The van der Waals surface area contributed by atoms with Gasteiger partial charge in [0.2, 0.25) is 0 Å². The van der Waals surface area contributed by atoms with Crippen molar-refractivity contribution < 1.29 is 5.11 Å². The minimum absolute atomic E-state index is 0.0683. The number of hydrogen-bond acceptors (Lipinski definition) is 4. The largest absolute Gasteiger partial charge is 0.392 e. The average molecular weight is 269 g/mol. The van der Waals surface area contributed by atoms with Gasteiger partial charge in [-0.15, -0.1) is 11.3 Å². The molecule has 2 rings (SSSR count). The number of rotatable bonds is 4. The Bertz CT molecular complexity index is 487. The van der Waals surface area contributed by atoms with Crippen molar-refractivity contribution in [1.29, 1.82) is 0 Å². The zero-order chi connectivity index (χ0) is 12.3. The lowest BCUT2D eigenvalue weighted by Crippen LogP contribution is -2.17. The first-order valence-corrected chi connectivity index (χ1v) is 6.45. The molecular weight excluding hydrogens is 256 g/mol. The van der Waals surface area contributed by atoms with E-state index >= 15 is 0 Å². The Hall–Kier alpha value is -1.10. The Morgan fingerprint density at radius 1 is 1.53 bits per heavy atom. The van der Waals surface area contributed by atoms with E-state index < -0.39 is 0 Å². The predicted molar refractivity (Wildman–Crippen MR) is 71.6 cm³/mol. The van der Waals surface area contributed by atoms with Crippen molar-refractivity contribution in [3.63, 3.8) is 0 Å². The number of halogens is 1. The predicted octanol–water partition coefficient (Wildman–Crippen LogP) is 2.93. The zero-order valence-electron chi connectivity index (χ0n) is 9.43. The summed E-state index contributed by atoms with van der Waals surface area (Å²) in [7, 11) is 1.97. The lowest BCUT2D eigenvalue weighted by molar-refractivity contribution is 0.282. The van der Waals surface area contributed by atoms with Crippen LogP contribution in [0.5, 0.6) is 0 Å². The molecule has 0 unspecified atom stereocenters. The van der Waals surface area contributed by atoms with Gasteiger partial charge in [0.25, 0.3) is 0 Å². The van der Waals surface area contributed by atoms with Crippen LogP contribution in [-0.2, 0) is 13.2 Å². The summed E-state index contributed by atoms with van der Waals surface area (Å²) in [4.78, 5) is 7.56. The molecule has 0 aliphatic carbocycles. The first-order valence-electron chi connectivity index (χ1n) is 5.19. The third-order valence-corrected chi connectivity index (χ3v) is 3.66. The molecule has 3 nitrogen and oxygen atoms in total. The van der Waals surface area contributed by atoms with Gasteiger partial charge in [-0.2, -0.15) is 0 Å². The highest BCUT2D eigenvalue weighted by Crippen LogP contribution is 2.21. The highest BCUT2D eigenvalue weighted by Gasteiger charge is 2.07. The van der Waals surface area contributed by atoms with Gasteiger partial charge in [0.15, 0.2) is 0 Å². The number of aliphatic hydroxyl groups excluding tert-OH is 1. The van der Waals surface area contributed by atoms with E-state index in [1.807, 2.05) is 24.1 Å². The van der Waals surface area contributed by atoms with Crippen molar-refractivity contribution in [2.24, 2.45) is 0 Å². The number of hydrogen-bond donors (Lipinski definition) is 1. The molecule has 0 amide bonds. The van der Waals surface area contributed by atoms with Gasteiger partial charge < -0.3 is 10.0 Å². The summed E-state index contributed by atoms with van der Waals surface area (Å²) in [6.07, 6.45) is 1.58. The SMILES string of the molecule is CN(Cc1cccs1)c1cc(CO)c(Cl)cn1.